The van der Waals surface area contributed by atoms with Crippen molar-refractivity contribution >= 4 is 17.4 Å². The normalized spacial score (nSPS) is 10.7. The van der Waals surface area contributed by atoms with Gasteiger partial charge in [-0.1, -0.05) is 18.5 Å². The van der Waals surface area contributed by atoms with Crippen molar-refractivity contribution in [1.82, 2.24) is 9.97 Å². The largest absolute Gasteiger partial charge is 0.366 e. The Morgan fingerprint density at radius 3 is 2.70 bits per heavy atom. The molecule has 0 aliphatic carbocycles. The topological polar surface area (TPSA) is 37.8 Å². The van der Waals surface area contributed by atoms with Crippen molar-refractivity contribution in [3.63, 3.8) is 0 Å². The van der Waals surface area contributed by atoms with Gasteiger partial charge in [0.15, 0.2) is 0 Å². The van der Waals surface area contributed by atoms with E-state index in [9.17, 15) is 8.78 Å². The average Bonchev–Trinajstić information content (AvgIpc) is 2.43. The van der Waals surface area contributed by atoms with Gasteiger partial charge in [0.25, 0.3) is 0 Å². The molecule has 0 bridgehead atoms. The molecule has 2 rings (SSSR count). The zero-order valence-corrected chi connectivity index (χ0v) is 11.9. The summed E-state index contributed by atoms with van der Waals surface area (Å²) < 4.78 is 26.6. The Labute approximate surface area is 121 Å². The number of halogens is 3. The Bertz CT molecular complexity index is 632. The molecule has 1 heterocycles. The third kappa shape index (κ3) is 3.22. The van der Waals surface area contributed by atoms with Gasteiger partial charge in [-0.2, -0.15) is 0 Å². The molecule has 0 spiro atoms. The Morgan fingerprint density at radius 2 is 2.00 bits per heavy atom. The van der Waals surface area contributed by atoms with Crippen LogP contribution in [0, 0.1) is 18.6 Å². The number of nitrogens with one attached hydrogen (secondary N) is 1. The second kappa shape index (κ2) is 6.13. The number of hydrogen-bond donors (Lipinski definition) is 1. The number of rotatable bonds is 4. The maximum atomic E-state index is 13.5. The number of benzene rings is 1. The summed E-state index contributed by atoms with van der Waals surface area (Å²) in [6, 6.07) is 3.34. The van der Waals surface area contributed by atoms with E-state index in [1.165, 1.54) is 0 Å². The molecule has 0 fully saturated rings. The predicted octanol–water partition coefficient (Wildman–Crippen LogP) is 3.89. The molecule has 106 valence electrons. The molecule has 2 aromatic rings. The minimum atomic E-state index is -0.477. The molecule has 1 aromatic carbocycles. The SMILES string of the molecule is CCc1nc(Cl)c(C)c(NCc2cc(F)ccc2F)n1. The summed E-state index contributed by atoms with van der Waals surface area (Å²) in [4.78, 5) is 8.41. The van der Waals surface area contributed by atoms with Crippen molar-refractivity contribution in [2.24, 2.45) is 0 Å². The minimum absolute atomic E-state index is 0.126. The highest BCUT2D eigenvalue weighted by Gasteiger charge is 2.10. The number of aromatic nitrogens is 2. The van der Waals surface area contributed by atoms with Crippen LogP contribution in [0.15, 0.2) is 18.2 Å². The van der Waals surface area contributed by atoms with Gasteiger partial charge in [-0.25, -0.2) is 18.7 Å². The van der Waals surface area contributed by atoms with E-state index >= 15 is 0 Å². The minimum Gasteiger partial charge on any atom is -0.366 e. The summed E-state index contributed by atoms with van der Waals surface area (Å²) in [5, 5.41) is 3.33. The lowest BCUT2D eigenvalue weighted by molar-refractivity contribution is 0.587. The van der Waals surface area contributed by atoms with Crippen molar-refractivity contribution in [3.05, 3.63) is 51.9 Å². The van der Waals surface area contributed by atoms with Crippen molar-refractivity contribution in [3.8, 4) is 0 Å². The molecule has 0 atom stereocenters. The fraction of sp³-hybridized carbons (Fsp3) is 0.286. The highest BCUT2D eigenvalue weighted by molar-refractivity contribution is 6.30. The molecule has 0 saturated carbocycles. The second-order valence-corrected chi connectivity index (χ2v) is 4.71. The van der Waals surface area contributed by atoms with Crippen molar-refractivity contribution in [2.45, 2.75) is 26.8 Å². The fourth-order valence-electron chi connectivity index (χ4n) is 1.72. The second-order valence-electron chi connectivity index (χ2n) is 4.35. The van der Waals surface area contributed by atoms with Gasteiger partial charge in [0.1, 0.15) is 28.4 Å². The predicted molar refractivity (Wildman–Crippen MR) is 74.8 cm³/mol. The molecule has 6 heteroatoms. The van der Waals surface area contributed by atoms with Crippen LogP contribution in [0.3, 0.4) is 0 Å². The van der Waals surface area contributed by atoms with Gasteiger partial charge < -0.3 is 5.32 Å². The average molecular weight is 298 g/mol. The Kier molecular flexibility index (Phi) is 4.49. The molecule has 20 heavy (non-hydrogen) atoms. The van der Waals surface area contributed by atoms with Crippen LogP contribution >= 0.6 is 11.6 Å². The van der Waals surface area contributed by atoms with E-state index in [-0.39, 0.29) is 12.1 Å². The van der Waals surface area contributed by atoms with Gasteiger partial charge in [0.05, 0.1) is 0 Å². The highest BCUT2D eigenvalue weighted by Crippen LogP contribution is 2.21. The molecule has 0 aliphatic heterocycles. The lowest BCUT2D eigenvalue weighted by Crippen LogP contribution is -2.08. The molecule has 0 saturated heterocycles. The first-order valence-electron chi connectivity index (χ1n) is 6.22. The Morgan fingerprint density at radius 1 is 1.25 bits per heavy atom. The Balaban J connectivity index is 2.22. The quantitative estimate of drug-likeness (QED) is 0.870. The van der Waals surface area contributed by atoms with Crippen LogP contribution in [0.2, 0.25) is 5.15 Å². The van der Waals surface area contributed by atoms with E-state index in [1.807, 2.05) is 6.92 Å². The molecular formula is C14H14ClF2N3. The van der Waals surface area contributed by atoms with E-state index in [2.05, 4.69) is 15.3 Å². The summed E-state index contributed by atoms with van der Waals surface area (Å²) in [5.41, 5.74) is 0.915. The van der Waals surface area contributed by atoms with Gasteiger partial charge in [-0.05, 0) is 25.1 Å². The summed E-state index contributed by atoms with van der Waals surface area (Å²) in [5.74, 6) is 0.190. The number of hydrogen-bond acceptors (Lipinski definition) is 3. The van der Waals surface area contributed by atoms with Crippen LogP contribution < -0.4 is 5.32 Å². The van der Waals surface area contributed by atoms with E-state index in [1.54, 1.807) is 6.92 Å². The monoisotopic (exact) mass is 297 g/mol. The summed E-state index contributed by atoms with van der Waals surface area (Å²) in [6.07, 6.45) is 0.642. The molecule has 0 unspecified atom stereocenters. The third-order valence-corrected chi connectivity index (χ3v) is 3.27. The standard InChI is InChI=1S/C14H14ClF2N3/c1-3-12-19-13(15)8(2)14(20-12)18-7-9-6-10(16)4-5-11(9)17/h4-6H,3,7H2,1-2H3,(H,18,19,20). The summed E-state index contributed by atoms with van der Waals surface area (Å²) in [6.45, 7) is 3.81. The van der Waals surface area contributed by atoms with Gasteiger partial charge in [-0.3, -0.25) is 0 Å². The van der Waals surface area contributed by atoms with Crippen LogP contribution in [0.1, 0.15) is 23.9 Å². The molecule has 0 amide bonds. The van der Waals surface area contributed by atoms with E-state index in [4.69, 9.17) is 11.6 Å². The molecule has 1 N–H and O–H groups in total. The Hall–Kier alpha value is -1.75. The molecule has 3 nitrogen and oxygen atoms in total. The van der Waals surface area contributed by atoms with Crippen molar-refractivity contribution < 1.29 is 8.78 Å². The van der Waals surface area contributed by atoms with Gasteiger partial charge >= 0.3 is 0 Å². The fourth-order valence-corrected chi connectivity index (χ4v) is 1.91. The third-order valence-electron chi connectivity index (χ3n) is 2.90. The maximum absolute atomic E-state index is 13.5. The zero-order valence-electron chi connectivity index (χ0n) is 11.2. The van der Waals surface area contributed by atoms with Gasteiger partial charge in [-0.15, -0.1) is 0 Å². The van der Waals surface area contributed by atoms with Crippen molar-refractivity contribution in [1.29, 1.82) is 0 Å². The number of aryl methyl sites for hydroxylation is 1. The van der Waals surface area contributed by atoms with Gasteiger partial charge in [0.2, 0.25) is 0 Å². The van der Waals surface area contributed by atoms with Crippen molar-refractivity contribution in [2.75, 3.05) is 5.32 Å². The van der Waals surface area contributed by atoms with Crippen LogP contribution in [0.4, 0.5) is 14.6 Å². The van der Waals surface area contributed by atoms with E-state index in [0.29, 0.717) is 28.8 Å². The first-order chi connectivity index (χ1) is 9.51. The molecule has 1 aromatic heterocycles. The molecular weight excluding hydrogens is 284 g/mol. The lowest BCUT2D eigenvalue weighted by Gasteiger charge is -2.11. The van der Waals surface area contributed by atoms with Crippen LogP contribution in [-0.2, 0) is 13.0 Å². The summed E-state index contributed by atoms with van der Waals surface area (Å²) >= 11 is 6.01. The molecule has 0 radical (unpaired) electrons. The van der Waals surface area contributed by atoms with Crippen LogP contribution in [-0.4, -0.2) is 9.97 Å². The smallest absolute Gasteiger partial charge is 0.137 e. The van der Waals surface area contributed by atoms with Crippen LogP contribution in [0.5, 0.6) is 0 Å². The lowest BCUT2D eigenvalue weighted by atomic mass is 10.2. The number of nitrogens with zero attached hydrogens (tertiary/aromatic N) is 2. The number of anilines is 1. The van der Waals surface area contributed by atoms with Crippen LogP contribution in [0.25, 0.3) is 0 Å². The maximum Gasteiger partial charge on any atom is 0.137 e. The van der Waals surface area contributed by atoms with Gasteiger partial charge in [0, 0.05) is 24.1 Å². The van der Waals surface area contributed by atoms with E-state index < -0.39 is 11.6 Å². The van der Waals surface area contributed by atoms with E-state index in [0.717, 1.165) is 18.2 Å². The zero-order chi connectivity index (χ0) is 14.7. The highest BCUT2D eigenvalue weighted by atomic mass is 35.5. The molecule has 0 aliphatic rings. The first-order valence-corrected chi connectivity index (χ1v) is 6.60. The first kappa shape index (κ1) is 14.7. The summed E-state index contributed by atoms with van der Waals surface area (Å²) in [7, 11) is 0.